The van der Waals surface area contributed by atoms with Crippen molar-refractivity contribution in [2.75, 3.05) is 20.1 Å². The number of para-hydroxylation sites is 1. The number of nitrogens with zero attached hydrogens (tertiary/aromatic N) is 3. The maximum atomic E-state index is 13.9. The number of aromatic nitrogens is 2. The van der Waals surface area contributed by atoms with Gasteiger partial charge in [0.1, 0.15) is 11.5 Å². The van der Waals surface area contributed by atoms with Crippen LogP contribution in [0.4, 0.5) is 17.6 Å². The second kappa shape index (κ2) is 6.47. The van der Waals surface area contributed by atoms with Gasteiger partial charge >= 0.3 is 6.18 Å². The van der Waals surface area contributed by atoms with E-state index in [2.05, 4.69) is 10.4 Å². The Bertz CT molecular complexity index is 781. The first kappa shape index (κ1) is 17.4. The van der Waals surface area contributed by atoms with Crippen molar-refractivity contribution in [1.82, 2.24) is 20.0 Å². The Labute approximate surface area is 141 Å². The highest BCUT2D eigenvalue weighted by Gasteiger charge is 2.42. The van der Waals surface area contributed by atoms with E-state index in [4.69, 9.17) is 0 Å². The SMILES string of the molecule is CN(C(=O)c1cnn(-c2ccccc2F)c1C(F)(F)F)C1CCNC1. The zero-order valence-corrected chi connectivity index (χ0v) is 13.3. The fourth-order valence-electron chi connectivity index (χ4n) is 2.91. The van der Waals surface area contributed by atoms with Crippen LogP contribution in [0, 0.1) is 5.82 Å². The molecule has 2 aromatic rings. The Hall–Kier alpha value is -2.42. The van der Waals surface area contributed by atoms with Crippen LogP contribution in [-0.4, -0.2) is 46.8 Å². The third-order valence-corrected chi connectivity index (χ3v) is 4.25. The van der Waals surface area contributed by atoms with Crippen molar-refractivity contribution in [2.24, 2.45) is 0 Å². The molecule has 0 radical (unpaired) electrons. The van der Waals surface area contributed by atoms with Crippen molar-refractivity contribution in [3.8, 4) is 5.69 Å². The number of hydrogen-bond donors (Lipinski definition) is 1. The number of halogens is 4. The highest BCUT2D eigenvalue weighted by Crippen LogP contribution is 2.34. The van der Waals surface area contributed by atoms with Crippen LogP contribution in [0.15, 0.2) is 30.5 Å². The van der Waals surface area contributed by atoms with Gasteiger partial charge in [0.05, 0.1) is 11.8 Å². The highest BCUT2D eigenvalue weighted by molar-refractivity contribution is 5.95. The zero-order valence-electron chi connectivity index (χ0n) is 13.3. The van der Waals surface area contributed by atoms with E-state index < -0.39 is 29.2 Å². The Morgan fingerprint density at radius 2 is 2.08 bits per heavy atom. The van der Waals surface area contributed by atoms with Crippen molar-refractivity contribution in [2.45, 2.75) is 18.6 Å². The maximum absolute atomic E-state index is 13.9. The number of amides is 1. The molecule has 1 aromatic heterocycles. The number of hydrogen-bond acceptors (Lipinski definition) is 3. The minimum absolute atomic E-state index is 0.189. The van der Waals surface area contributed by atoms with Gasteiger partial charge in [-0.3, -0.25) is 4.79 Å². The maximum Gasteiger partial charge on any atom is 0.434 e. The molecule has 25 heavy (non-hydrogen) atoms. The molecule has 3 rings (SSSR count). The summed E-state index contributed by atoms with van der Waals surface area (Å²) < 4.78 is 55.1. The van der Waals surface area contributed by atoms with E-state index in [0.29, 0.717) is 24.2 Å². The molecular weight excluding hydrogens is 340 g/mol. The smallest absolute Gasteiger partial charge is 0.337 e. The molecule has 1 unspecified atom stereocenters. The minimum Gasteiger partial charge on any atom is -0.337 e. The van der Waals surface area contributed by atoms with Gasteiger partial charge in [-0.25, -0.2) is 9.07 Å². The number of benzene rings is 1. The lowest BCUT2D eigenvalue weighted by molar-refractivity contribution is -0.143. The van der Waals surface area contributed by atoms with Crippen LogP contribution in [0.1, 0.15) is 22.5 Å². The minimum atomic E-state index is -4.86. The number of carbonyl (C=O) groups is 1. The van der Waals surface area contributed by atoms with E-state index in [9.17, 15) is 22.4 Å². The summed E-state index contributed by atoms with van der Waals surface area (Å²) in [5.41, 5.74) is -2.23. The van der Waals surface area contributed by atoms with Gasteiger partial charge in [-0.2, -0.15) is 18.3 Å². The van der Waals surface area contributed by atoms with Crippen LogP contribution >= 0.6 is 0 Å². The monoisotopic (exact) mass is 356 g/mol. The quantitative estimate of drug-likeness (QED) is 0.860. The molecule has 0 saturated carbocycles. The first-order valence-electron chi connectivity index (χ1n) is 7.68. The van der Waals surface area contributed by atoms with Crippen molar-refractivity contribution in [3.63, 3.8) is 0 Å². The zero-order chi connectivity index (χ0) is 18.2. The second-order valence-corrected chi connectivity index (χ2v) is 5.83. The molecule has 1 N–H and O–H groups in total. The molecule has 1 fully saturated rings. The van der Waals surface area contributed by atoms with Crippen molar-refractivity contribution in [1.29, 1.82) is 0 Å². The molecule has 1 atom stereocenters. The first-order valence-corrected chi connectivity index (χ1v) is 7.68. The molecule has 5 nitrogen and oxygen atoms in total. The van der Waals surface area contributed by atoms with Crippen molar-refractivity contribution >= 4 is 5.91 Å². The summed E-state index contributed by atoms with van der Waals surface area (Å²) in [6.07, 6.45) is -3.36. The van der Waals surface area contributed by atoms with Crippen LogP contribution in [0.25, 0.3) is 5.69 Å². The average Bonchev–Trinajstić information content (AvgIpc) is 3.23. The summed E-state index contributed by atoms with van der Waals surface area (Å²) in [5.74, 6) is -1.65. The topological polar surface area (TPSA) is 50.2 Å². The Morgan fingerprint density at radius 3 is 2.68 bits per heavy atom. The van der Waals surface area contributed by atoms with Crippen LogP contribution < -0.4 is 5.32 Å². The second-order valence-electron chi connectivity index (χ2n) is 5.83. The van der Waals surface area contributed by atoms with Crippen LogP contribution in [0.3, 0.4) is 0 Å². The molecule has 0 spiro atoms. The van der Waals surface area contributed by atoms with Crippen LogP contribution in [0.2, 0.25) is 0 Å². The van der Waals surface area contributed by atoms with Crippen molar-refractivity contribution in [3.05, 3.63) is 47.5 Å². The highest BCUT2D eigenvalue weighted by atomic mass is 19.4. The molecule has 1 aliphatic rings. The molecule has 1 aliphatic heterocycles. The average molecular weight is 356 g/mol. The molecule has 0 bridgehead atoms. The first-order chi connectivity index (χ1) is 11.8. The molecular formula is C16H16F4N4O. The Morgan fingerprint density at radius 1 is 1.36 bits per heavy atom. The van der Waals surface area contributed by atoms with Crippen molar-refractivity contribution < 1.29 is 22.4 Å². The third-order valence-electron chi connectivity index (χ3n) is 4.25. The van der Waals surface area contributed by atoms with Gasteiger partial charge in [-0.05, 0) is 25.1 Å². The number of rotatable bonds is 3. The Balaban J connectivity index is 2.06. The summed E-state index contributed by atoms with van der Waals surface area (Å²) in [6.45, 7) is 1.22. The summed E-state index contributed by atoms with van der Waals surface area (Å²) >= 11 is 0. The number of nitrogens with one attached hydrogen (secondary N) is 1. The fourth-order valence-corrected chi connectivity index (χ4v) is 2.91. The lowest BCUT2D eigenvalue weighted by Crippen LogP contribution is -2.39. The summed E-state index contributed by atoms with van der Waals surface area (Å²) in [4.78, 5) is 13.9. The Kier molecular flexibility index (Phi) is 4.51. The third kappa shape index (κ3) is 3.23. The van der Waals surface area contributed by atoms with Crippen LogP contribution in [-0.2, 0) is 6.18 Å². The molecule has 9 heteroatoms. The summed E-state index contributed by atoms with van der Waals surface area (Å²) in [5, 5.41) is 6.69. The largest absolute Gasteiger partial charge is 0.434 e. The predicted molar refractivity (Wildman–Crippen MR) is 81.9 cm³/mol. The van der Waals surface area contributed by atoms with Gasteiger partial charge in [-0.1, -0.05) is 12.1 Å². The van der Waals surface area contributed by atoms with E-state index in [1.807, 2.05) is 0 Å². The molecule has 0 aliphatic carbocycles. The fraction of sp³-hybridized carbons (Fsp3) is 0.375. The van der Waals surface area contributed by atoms with E-state index in [1.165, 1.54) is 30.1 Å². The normalized spacial score (nSPS) is 17.7. The van der Waals surface area contributed by atoms with E-state index >= 15 is 0 Å². The number of carbonyl (C=O) groups excluding carboxylic acids is 1. The van der Waals surface area contributed by atoms with Gasteiger partial charge in [0.25, 0.3) is 5.91 Å². The van der Waals surface area contributed by atoms with Gasteiger partial charge in [0.15, 0.2) is 5.69 Å². The van der Waals surface area contributed by atoms with E-state index in [-0.39, 0.29) is 11.7 Å². The van der Waals surface area contributed by atoms with Gasteiger partial charge in [-0.15, -0.1) is 0 Å². The lowest BCUT2D eigenvalue weighted by Gasteiger charge is -2.24. The van der Waals surface area contributed by atoms with Gasteiger partial charge < -0.3 is 10.2 Å². The van der Waals surface area contributed by atoms with Crippen LogP contribution in [0.5, 0.6) is 0 Å². The standard InChI is InChI=1S/C16H16F4N4O/c1-23(10-6-7-21-8-10)15(25)11-9-22-24(14(11)16(18,19)20)13-5-3-2-4-12(13)17/h2-5,9-10,21H,6-8H2,1H3. The molecule has 134 valence electrons. The molecule has 2 heterocycles. The molecule has 1 amide bonds. The van der Waals surface area contributed by atoms with E-state index in [1.54, 1.807) is 0 Å². The van der Waals surface area contributed by atoms with E-state index in [0.717, 1.165) is 12.3 Å². The number of alkyl halides is 3. The lowest BCUT2D eigenvalue weighted by atomic mass is 10.1. The summed E-state index contributed by atoms with van der Waals surface area (Å²) in [6, 6.07) is 4.79. The molecule has 1 saturated heterocycles. The molecule has 1 aromatic carbocycles. The summed E-state index contributed by atoms with van der Waals surface area (Å²) in [7, 11) is 1.46. The van der Waals surface area contributed by atoms with Gasteiger partial charge in [0, 0.05) is 19.6 Å². The number of likely N-dealkylation sites (N-methyl/N-ethyl adjacent to an activating group) is 1. The predicted octanol–water partition coefficient (Wildman–Crippen LogP) is 2.46. The van der Waals surface area contributed by atoms with Gasteiger partial charge in [0.2, 0.25) is 0 Å².